The molecule has 51 heavy (non-hydrogen) atoms. The van der Waals surface area contributed by atoms with Gasteiger partial charge >= 0.3 is 5.97 Å². The van der Waals surface area contributed by atoms with E-state index < -0.39 is 28.1 Å². The first-order valence-corrected chi connectivity index (χ1v) is 18.9. The first kappa shape index (κ1) is 37.4. The molecule has 0 saturated carbocycles. The Morgan fingerprint density at radius 3 is 1.88 bits per heavy atom. The lowest BCUT2D eigenvalue weighted by molar-refractivity contribution is -0.137. The fourth-order valence-electron chi connectivity index (χ4n) is 6.77. The number of carbonyl (C=O) groups is 2. The molecule has 5 rings (SSSR count). The van der Waals surface area contributed by atoms with E-state index >= 15 is 0 Å². The van der Waals surface area contributed by atoms with E-state index in [1.54, 1.807) is 12.1 Å². The molecule has 266 valence electrons. The molecule has 1 aliphatic rings. The summed E-state index contributed by atoms with van der Waals surface area (Å²) in [5.41, 5.74) is 9.89. The molecule has 0 heterocycles. The van der Waals surface area contributed by atoms with E-state index in [1.807, 2.05) is 66.7 Å². The molecule has 0 saturated heterocycles. The van der Waals surface area contributed by atoms with Gasteiger partial charge in [0, 0.05) is 31.0 Å². The van der Waals surface area contributed by atoms with Crippen molar-refractivity contribution in [2.75, 3.05) is 5.32 Å². The monoisotopic (exact) mass is 705 g/mol. The minimum absolute atomic E-state index is 0.0131. The second-order valence-electron chi connectivity index (χ2n) is 13.2. The van der Waals surface area contributed by atoms with Crippen LogP contribution >= 0.6 is 0 Å². The molecule has 0 bridgehead atoms. The largest absolute Gasteiger partial charge is 0.481 e. The molecule has 1 aliphatic carbocycles. The zero-order valence-corrected chi connectivity index (χ0v) is 30.5. The van der Waals surface area contributed by atoms with E-state index in [9.17, 15) is 18.0 Å². The molecule has 0 aliphatic heterocycles. The van der Waals surface area contributed by atoms with Gasteiger partial charge in [-0.2, -0.15) is 0 Å². The van der Waals surface area contributed by atoms with E-state index in [4.69, 9.17) is 5.11 Å². The smallest absolute Gasteiger partial charge is 0.303 e. The SMILES string of the molecule is CC1=C(C)C(C)C(c2ccccc2CN[C@@H](c2ccccc2)[C@@H](NS(=O)(=O)c2ccc(NC(=O)CCCCC(=O)O)cc2)c2ccccc2)=C1C. The number of unbranched alkanes of at least 4 members (excludes halogenated alkanes) is 1. The van der Waals surface area contributed by atoms with E-state index in [2.05, 4.69) is 61.2 Å². The summed E-state index contributed by atoms with van der Waals surface area (Å²) in [6.45, 7) is 9.35. The van der Waals surface area contributed by atoms with Crippen molar-refractivity contribution in [3.8, 4) is 0 Å². The van der Waals surface area contributed by atoms with Crippen LogP contribution in [-0.2, 0) is 26.2 Å². The third kappa shape index (κ3) is 9.29. The quantitative estimate of drug-likeness (QED) is 0.0866. The van der Waals surface area contributed by atoms with Gasteiger partial charge in [-0.15, -0.1) is 0 Å². The van der Waals surface area contributed by atoms with Gasteiger partial charge in [0.15, 0.2) is 0 Å². The predicted octanol–water partition coefficient (Wildman–Crippen LogP) is 8.58. The van der Waals surface area contributed by atoms with Crippen LogP contribution in [0.5, 0.6) is 0 Å². The lowest BCUT2D eigenvalue weighted by atomic mass is 9.88. The normalized spacial score (nSPS) is 15.9. The molecule has 0 fully saturated rings. The summed E-state index contributed by atoms with van der Waals surface area (Å²) in [5.74, 6) is -0.841. The summed E-state index contributed by atoms with van der Waals surface area (Å²) in [6, 6.07) is 32.9. The summed E-state index contributed by atoms with van der Waals surface area (Å²) in [6.07, 6.45) is 1.05. The second kappa shape index (κ2) is 16.9. The third-order valence-electron chi connectivity index (χ3n) is 9.89. The van der Waals surface area contributed by atoms with Crippen LogP contribution in [0.4, 0.5) is 5.69 Å². The lowest BCUT2D eigenvalue weighted by Crippen LogP contribution is -2.38. The van der Waals surface area contributed by atoms with Crippen molar-refractivity contribution in [1.82, 2.24) is 10.0 Å². The molecule has 9 heteroatoms. The number of benzene rings is 4. The molecular weight excluding hydrogens is 659 g/mol. The highest BCUT2D eigenvalue weighted by molar-refractivity contribution is 7.89. The Balaban J connectivity index is 1.41. The van der Waals surface area contributed by atoms with Crippen molar-refractivity contribution in [2.45, 2.75) is 76.9 Å². The van der Waals surface area contributed by atoms with Crippen LogP contribution in [0.1, 0.15) is 87.7 Å². The number of aliphatic carboxylic acids is 1. The standard InChI is InChI=1S/C42H47N3O5S/c1-28-29(2)31(4)40(30(28)3)37-20-12-11-19-34(37)27-43-41(32-15-7-5-8-16-32)42(33-17-9-6-10-18-33)45-51(49,50)36-25-23-35(24-26-36)44-38(46)21-13-14-22-39(47)48/h5-12,15-20,23-26,30,41-43,45H,13-14,21-22,27H2,1-4H3,(H,44,46)(H,47,48)/t30?,41-,42-/m0/s1. The van der Waals surface area contributed by atoms with Crippen LogP contribution < -0.4 is 15.4 Å². The van der Waals surface area contributed by atoms with Crippen molar-refractivity contribution in [3.05, 3.63) is 148 Å². The number of carbonyl (C=O) groups excluding carboxylic acids is 1. The number of hydrogen-bond acceptors (Lipinski definition) is 5. The Bertz CT molecular complexity index is 2010. The van der Waals surface area contributed by atoms with Crippen molar-refractivity contribution < 1.29 is 23.1 Å². The number of carboxylic acid groups (broad SMARTS) is 1. The van der Waals surface area contributed by atoms with Crippen molar-refractivity contribution in [1.29, 1.82) is 0 Å². The Morgan fingerprint density at radius 1 is 0.725 bits per heavy atom. The summed E-state index contributed by atoms with van der Waals surface area (Å²) in [4.78, 5) is 23.2. The highest BCUT2D eigenvalue weighted by atomic mass is 32.2. The van der Waals surface area contributed by atoms with Gasteiger partial charge in [0.1, 0.15) is 0 Å². The molecule has 0 radical (unpaired) electrons. The maximum absolute atomic E-state index is 14.1. The van der Waals surface area contributed by atoms with Gasteiger partial charge in [0.25, 0.3) is 0 Å². The van der Waals surface area contributed by atoms with Crippen LogP contribution in [0.2, 0.25) is 0 Å². The first-order chi connectivity index (χ1) is 24.5. The van der Waals surface area contributed by atoms with Gasteiger partial charge < -0.3 is 15.7 Å². The van der Waals surface area contributed by atoms with E-state index in [0.29, 0.717) is 31.0 Å². The maximum Gasteiger partial charge on any atom is 0.303 e. The number of nitrogens with one attached hydrogen (secondary N) is 3. The lowest BCUT2D eigenvalue weighted by Gasteiger charge is -2.30. The molecule has 0 spiro atoms. The number of rotatable bonds is 16. The number of hydrogen-bond donors (Lipinski definition) is 4. The van der Waals surface area contributed by atoms with Crippen LogP contribution in [0.15, 0.2) is 131 Å². The van der Waals surface area contributed by atoms with Crippen LogP contribution in [0.3, 0.4) is 0 Å². The molecule has 3 atom stereocenters. The number of sulfonamides is 1. The Labute approximate surface area is 301 Å². The zero-order chi connectivity index (χ0) is 36.5. The molecule has 0 aromatic heterocycles. The van der Waals surface area contributed by atoms with Gasteiger partial charge in [0.2, 0.25) is 15.9 Å². The highest BCUT2D eigenvalue weighted by Crippen LogP contribution is 2.43. The fraction of sp³-hybridized carbons (Fsp3) is 0.286. The van der Waals surface area contributed by atoms with Crippen LogP contribution in [-0.4, -0.2) is 25.4 Å². The van der Waals surface area contributed by atoms with Crippen molar-refractivity contribution in [3.63, 3.8) is 0 Å². The number of amides is 1. The average Bonchev–Trinajstić information content (AvgIpc) is 3.32. The zero-order valence-electron chi connectivity index (χ0n) is 29.6. The minimum atomic E-state index is -4.03. The molecule has 1 unspecified atom stereocenters. The van der Waals surface area contributed by atoms with Crippen molar-refractivity contribution in [2.24, 2.45) is 5.92 Å². The highest BCUT2D eigenvalue weighted by Gasteiger charge is 2.31. The maximum atomic E-state index is 14.1. The number of carboxylic acids is 1. The first-order valence-electron chi connectivity index (χ1n) is 17.4. The summed E-state index contributed by atoms with van der Waals surface area (Å²) < 4.78 is 31.1. The molecule has 4 N–H and O–H groups in total. The third-order valence-corrected chi connectivity index (χ3v) is 11.3. The van der Waals surface area contributed by atoms with E-state index in [-0.39, 0.29) is 23.6 Å². The molecule has 4 aromatic rings. The topological polar surface area (TPSA) is 125 Å². The van der Waals surface area contributed by atoms with Gasteiger partial charge in [0.05, 0.1) is 17.0 Å². The number of anilines is 1. The van der Waals surface area contributed by atoms with Gasteiger partial charge in [-0.1, -0.05) is 97.4 Å². The van der Waals surface area contributed by atoms with Crippen molar-refractivity contribution >= 4 is 33.2 Å². The van der Waals surface area contributed by atoms with Gasteiger partial charge in [-0.3, -0.25) is 9.59 Å². The average molecular weight is 706 g/mol. The molecule has 8 nitrogen and oxygen atoms in total. The van der Waals surface area contributed by atoms with Crippen LogP contribution in [0.25, 0.3) is 5.57 Å². The number of allylic oxidation sites excluding steroid dienone is 4. The van der Waals surface area contributed by atoms with Crippen LogP contribution in [0, 0.1) is 5.92 Å². The molecule has 4 aromatic carbocycles. The Hall–Kier alpha value is -4.83. The summed E-state index contributed by atoms with van der Waals surface area (Å²) >= 11 is 0. The summed E-state index contributed by atoms with van der Waals surface area (Å²) in [5, 5.41) is 15.3. The second-order valence-corrected chi connectivity index (χ2v) is 14.9. The van der Waals surface area contributed by atoms with Gasteiger partial charge in [-0.25, -0.2) is 13.1 Å². The fourth-order valence-corrected chi connectivity index (χ4v) is 8.01. The van der Waals surface area contributed by atoms with E-state index in [1.165, 1.54) is 40.0 Å². The molecular formula is C42H47N3O5S. The Morgan fingerprint density at radius 2 is 1.29 bits per heavy atom. The minimum Gasteiger partial charge on any atom is -0.481 e. The summed E-state index contributed by atoms with van der Waals surface area (Å²) in [7, 11) is -4.03. The molecule has 1 amide bonds. The van der Waals surface area contributed by atoms with Gasteiger partial charge in [-0.05, 0) is 96.9 Å². The Kier molecular flexibility index (Phi) is 12.4. The van der Waals surface area contributed by atoms with E-state index in [0.717, 1.165) is 16.7 Å². The predicted molar refractivity (Wildman–Crippen MR) is 203 cm³/mol.